The van der Waals surface area contributed by atoms with E-state index in [1.54, 1.807) is 0 Å². The summed E-state index contributed by atoms with van der Waals surface area (Å²) in [6.07, 6.45) is 1.87. The highest BCUT2D eigenvalue weighted by Crippen LogP contribution is 2.12. The van der Waals surface area contributed by atoms with Crippen molar-refractivity contribution in [2.45, 2.75) is 51.4 Å². The van der Waals surface area contributed by atoms with Gasteiger partial charge in [0.05, 0.1) is 4.83 Å². The van der Waals surface area contributed by atoms with Crippen LogP contribution in [0.15, 0.2) is 0 Å². The number of nitrogens with zero attached hydrogens (tertiary/aromatic N) is 1. The van der Waals surface area contributed by atoms with E-state index >= 15 is 0 Å². The predicted molar refractivity (Wildman–Crippen MR) is 60.1 cm³/mol. The Kier molecular flexibility index (Phi) is 6.39. The molecule has 0 heterocycles. The minimum absolute atomic E-state index is 0.0125. The fourth-order valence-corrected chi connectivity index (χ4v) is 1.48. The number of carbonyl (C=O) groups is 1. The number of amides is 1. The zero-order chi connectivity index (χ0) is 10.4. The Hall–Kier alpha value is -0.0500. The molecule has 2 nitrogen and oxygen atoms in total. The lowest BCUT2D eigenvalue weighted by Gasteiger charge is -2.28. The molecule has 3 heteroatoms. The molecule has 13 heavy (non-hydrogen) atoms. The molecule has 0 N–H and O–H groups in total. The molecule has 0 saturated carbocycles. The third-order valence-corrected chi connectivity index (χ3v) is 3.04. The van der Waals surface area contributed by atoms with E-state index in [4.69, 9.17) is 0 Å². The van der Waals surface area contributed by atoms with Gasteiger partial charge in [-0.15, -0.1) is 0 Å². The van der Waals surface area contributed by atoms with Crippen LogP contribution in [0.4, 0.5) is 0 Å². The van der Waals surface area contributed by atoms with Gasteiger partial charge in [-0.05, 0) is 26.7 Å². The van der Waals surface area contributed by atoms with Crippen LogP contribution in [0, 0.1) is 0 Å². The molecular weight excluding hydrogens is 230 g/mol. The molecule has 1 unspecified atom stereocenters. The van der Waals surface area contributed by atoms with Gasteiger partial charge in [-0.1, -0.05) is 29.8 Å². The number of hydrogen-bond donors (Lipinski definition) is 0. The molecule has 1 atom stereocenters. The van der Waals surface area contributed by atoms with Crippen molar-refractivity contribution < 1.29 is 4.79 Å². The summed E-state index contributed by atoms with van der Waals surface area (Å²) in [5.41, 5.74) is 0. The van der Waals surface area contributed by atoms with Crippen LogP contribution >= 0.6 is 15.9 Å². The second kappa shape index (κ2) is 6.41. The fraction of sp³-hybridized carbons (Fsp3) is 0.900. The highest BCUT2D eigenvalue weighted by Gasteiger charge is 2.21. The van der Waals surface area contributed by atoms with Gasteiger partial charge in [0.15, 0.2) is 0 Å². The predicted octanol–water partition coefficient (Wildman–Crippen LogP) is 2.81. The molecule has 0 aliphatic carbocycles. The molecule has 0 aromatic carbocycles. The van der Waals surface area contributed by atoms with Gasteiger partial charge in [0.25, 0.3) is 0 Å². The first kappa shape index (κ1) is 12.9. The van der Waals surface area contributed by atoms with Crippen molar-refractivity contribution in [3.8, 4) is 0 Å². The minimum atomic E-state index is -0.0125. The van der Waals surface area contributed by atoms with Crippen molar-refractivity contribution in [1.29, 1.82) is 0 Å². The van der Waals surface area contributed by atoms with Crippen molar-refractivity contribution in [2.75, 3.05) is 6.54 Å². The van der Waals surface area contributed by atoms with Crippen LogP contribution in [0.2, 0.25) is 0 Å². The van der Waals surface area contributed by atoms with Crippen LogP contribution < -0.4 is 0 Å². The second-order valence-corrected chi connectivity index (χ2v) is 4.61. The van der Waals surface area contributed by atoms with Crippen LogP contribution in [0.1, 0.15) is 40.5 Å². The molecular formula is C10H20BrNO. The molecule has 0 fully saturated rings. The fourth-order valence-electron chi connectivity index (χ4n) is 1.22. The van der Waals surface area contributed by atoms with Crippen LogP contribution in [0.3, 0.4) is 0 Å². The summed E-state index contributed by atoms with van der Waals surface area (Å²) in [5.74, 6) is 0.222. The van der Waals surface area contributed by atoms with E-state index in [0.29, 0.717) is 6.04 Å². The van der Waals surface area contributed by atoms with Crippen molar-refractivity contribution in [1.82, 2.24) is 4.90 Å². The number of carbonyl (C=O) groups excluding carboxylic acids is 1. The Balaban J connectivity index is 4.27. The molecule has 0 bridgehead atoms. The molecule has 0 aliphatic heterocycles. The zero-order valence-electron chi connectivity index (χ0n) is 9.01. The van der Waals surface area contributed by atoms with Gasteiger partial charge in [0.2, 0.25) is 5.91 Å². The maximum absolute atomic E-state index is 11.8. The third-order valence-electron chi connectivity index (χ3n) is 2.00. The smallest absolute Gasteiger partial charge is 0.236 e. The summed E-state index contributed by atoms with van der Waals surface area (Å²) in [7, 11) is 0. The number of halogens is 1. The summed E-state index contributed by atoms with van der Waals surface area (Å²) in [6, 6.07) is 0.305. The first-order valence-corrected chi connectivity index (χ1v) is 5.90. The van der Waals surface area contributed by atoms with Gasteiger partial charge >= 0.3 is 0 Å². The van der Waals surface area contributed by atoms with E-state index in [0.717, 1.165) is 19.4 Å². The zero-order valence-corrected chi connectivity index (χ0v) is 10.6. The molecule has 0 saturated heterocycles. The Bertz CT molecular complexity index is 159. The summed E-state index contributed by atoms with van der Waals surface area (Å²) < 4.78 is 0. The van der Waals surface area contributed by atoms with Gasteiger partial charge in [-0.3, -0.25) is 4.79 Å². The monoisotopic (exact) mass is 249 g/mol. The summed E-state index contributed by atoms with van der Waals surface area (Å²) >= 11 is 3.39. The van der Waals surface area contributed by atoms with E-state index in [9.17, 15) is 4.79 Å². The SMILES string of the molecule is CCCN(C(=O)C(Br)CC)C(C)C. The van der Waals surface area contributed by atoms with Gasteiger partial charge < -0.3 is 4.90 Å². The largest absolute Gasteiger partial charge is 0.339 e. The number of hydrogen-bond acceptors (Lipinski definition) is 1. The van der Waals surface area contributed by atoms with E-state index in [1.807, 2.05) is 11.8 Å². The highest BCUT2D eigenvalue weighted by molar-refractivity contribution is 9.10. The third kappa shape index (κ3) is 4.12. The summed E-state index contributed by atoms with van der Waals surface area (Å²) in [4.78, 5) is 13.7. The Morgan fingerprint density at radius 1 is 1.38 bits per heavy atom. The maximum atomic E-state index is 11.8. The highest BCUT2D eigenvalue weighted by atomic mass is 79.9. The van der Waals surface area contributed by atoms with E-state index in [-0.39, 0.29) is 10.7 Å². The van der Waals surface area contributed by atoms with Crippen LogP contribution in [0.25, 0.3) is 0 Å². The normalized spacial score (nSPS) is 13.1. The van der Waals surface area contributed by atoms with Crippen molar-refractivity contribution in [2.24, 2.45) is 0 Å². The molecule has 0 aromatic heterocycles. The number of alkyl halides is 1. The lowest BCUT2D eigenvalue weighted by atomic mass is 10.2. The molecule has 78 valence electrons. The van der Waals surface area contributed by atoms with E-state index in [2.05, 4.69) is 36.7 Å². The van der Waals surface area contributed by atoms with Gasteiger partial charge in [0, 0.05) is 12.6 Å². The average molecular weight is 250 g/mol. The van der Waals surface area contributed by atoms with Gasteiger partial charge in [-0.25, -0.2) is 0 Å². The summed E-state index contributed by atoms with van der Waals surface area (Å²) in [6.45, 7) is 9.09. The maximum Gasteiger partial charge on any atom is 0.236 e. The van der Waals surface area contributed by atoms with Crippen LogP contribution in [0.5, 0.6) is 0 Å². The quantitative estimate of drug-likeness (QED) is 0.687. The van der Waals surface area contributed by atoms with E-state index in [1.165, 1.54) is 0 Å². The molecule has 1 amide bonds. The molecule has 0 aromatic rings. The van der Waals surface area contributed by atoms with Crippen molar-refractivity contribution >= 4 is 21.8 Å². The lowest BCUT2D eigenvalue weighted by molar-refractivity contribution is -0.132. The van der Waals surface area contributed by atoms with Crippen LogP contribution in [-0.4, -0.2) is 28.2 Å². The Morgan fingerprint density at radius 3 is 2.23 bits per heavy atom. The van der Waals surface area contributed by atoms with Crippen molar-refractivity contribution in [3.63, 3.8) is 0 Å². The Labute approximate surface area is 89.8 Å². The Morgan fingerprint density at radius 2 is 1.92 bits per heavy atom. The standard InChI is InChI=1S/C10H20BrNO/c1-5-7-12(8(3)4)10(13)9(11)6-2/h8-9H,5-7H2,1-4H3. The van der Waals surface area contributed by atoms with Crippen LogP contribution in [-0.2, 0) is 4.79 Å². The minimum Gasteiger partial charge on any atom is -0.339 e. The van der Waals surface area contributed by atoms with Gasteiger partial charge in [0.1, 0.15) is 0 Å². The average Bonchev–Trinajstić information content (AvgIpc) is 2.11. The molecule has 0 radical (unpaired) electrons. The van der Waals surface area contributed by atoms with Crippen molar-refractivity contribution in [3.05, 3.63) is 0 Å². The molecule has 0 spiro atoms. The van der Waals surface area contributed by atoms with E-state index < -0.39 is 0 Å². The number of rotatable bonds is 5. The van der Waals surface area contributed by atoms with Gasteiger partial charge in [-0.2, -0.15) is 0 Å². The molecule has 0 aliphatic rings. The molecule has 0 rings (SSSR count). The summed E-state index contributed by atoms with van der Waals surface area (Å²) in [5, 5.41) is 0. The topological polar surface area (TPSA) is 20.3 Å². The lowest BCUT2D eigenvalue weighted by Crippen LogP contribution is -2.41. The first-order chi connectivity index (χ1) is 6.04. The second-order valence-electron chi connectivity index (χ2n) is 3.50. The first-order valence-electron chi connectivity index (χ1n) is 4.99.